The number of esters is 1. The van der Waals surface area contributed by atoms with Gasteiger partial charge in [0.15, 0.2) is 0 Å². The van der Waals surface area contributed by atoms with E-state index in [1.807, 2.05) is 0 Å². The topological polar surface area (TPSA) is 54.1 Å². The van der Waals surface area contributed by atoms with Gasteiger partial charge >= 0.3 is 5.97 Å². The molecule has 2 N–H and O–H groups in total. The lowest BCUT2D eigenvalue weighted by Gasteiger charge is -2.53. The van der Waals surface area contributed by atoms with Crippen molar-refractivity contribution in [2.45, 2.75) is 31.7 Å². The Morgan fingerprint density at radius 1 is 1.36 bits per heavy atom. The summed E-state index contributed by atoms with van der Waals surface area (Å²) in [6, 6.07) is 8.83. The molecule has 2 bridgehead atoms. The first-order chi connectivity index (χ1) is 10.7. The molecule has 3 heterocycles. The molecule has 114 valence electrons. The average Bonchev–Trinajstić information content (AvgIpc) is 2.95. The molecule has 1 aromatic heterocycles. The molecule has 0 spiro atoms. The van der Waals surface area contributed by atoms with Crippen LogP contribution in [0, 0.1) is 11.3 Å². The van der Waals surface area contributed by atoms with Crippen LogP contribution in [0.15, 0.2) is 24.3 Å². The fourth-order valence-corrected chi connectivity index (χ4v) is 5.09. The number of hydrogen-bond donors (Lipinski definition) is 2. The summed E-state index contributed by atoms with van der Waals surface area (Å²) in [7, 11) is 0. The second-order valence-electron chi connectivity index (χ2n) is 6.99. The van der Waals surface area contributed by atoms with Gasteiger partial charge in [-0.25, -0.2) is 0 Å². The zero-order valence-corrected chi connectivity index (χ0v) is 12.7. The van der Waals surface area contributed by atoms with Crippen LogP contribution in [0.1, 0.15) is 43.0 Å². The van der Waals surface area contributed by atoms with Gasteiger partial charge < -0.3 is 15.0 Å². The second-order valence-corrected chi connectivity index (χ2v) is 6.99. The fraction of sp³-hybridized carbons (Fsp3) is 0.500. The molecule has 22 heavy (non-hydrogen) atoms. The third kappa shape index (κ3) is 1.35. The molecule has 1 aliphatic carbocycles. The summed E-state index contributed by atoms with van der Waals surface area (Å²) in [5, 5.41) is 4.91. The maximum absolute atomic E-state index is 12.5. The van der Waals surface area contributed by atoms with Crippen molar-refractivity contribution >= 4 is 16.9 Å². The van der Waals surface area contributed by atoms with Crippen molar-refractivity contribution in [3.05, 3.63) is 35.5 Å². The zero-order chi connectivity index (χ0) is 14.9. The van der Waals surface area contributed by atoms with Crippen molar-refractivity contribution in [1.29, 1.82) is 0 Å². The molecule has 1 aromatic carbocycles. The number of H-pyrrole nitrogens is 1. The predicted octanol–water partition coefficient (Wildman–Crippen LogP) is 2.87. The molecule has 0 saturated carbocycles. The molecule has 4 atom stereocenters. The van der Waals surface area contributed by atoms with Crippen LogP contribution in [0.2, 0.25) is 0 Å². The third-order valence-electron chi connectivity index (χ3n) is 6.28. The first-order valence-corrected chi connectivity index (χ1v) is 8.25. The van der Waals surface area contributed by atoms with Gasteiger partial charge in [0.2, 0.25) is 0 Å². The molecule has 2 fully saturated rings. The van der Waals surface area contributed by atoms with E-state index in [9.17, 15) is 4.79 Å². The summed E-state index contributed by atoms with van der Waals surface area (Å²) < 4.78 is 5.65. The standard InChI is InChI=1S/C18H20N2O2/c1-2-18-9-19-14-7-12(18)11(8-22-17(18)21)15-10-5-3-4-6-13(10)20-16(14)15/h3-6,11-12,14,19-20H,2,7-9H2,1H3/t11-,12-,14+,18-/m1/s1. The highest BCUT2D eigenvalue weighted by Crippen LogP contribution is 2.57. The van der Waals surface area contributed by atoms with Crippen LogP contribution in [0.4, 0.5) is 0 Å². The van der Waals surface area contributed by atoms with Gasteiger partial charge in [-0.05, 0) is 30.4 Å². The largest absolute Gasteiger partial charge is 0.465 e. The molecular weight excluding hydrogens is 276 g/mol. The minimum atomic E-state index is -0.338. The number of nitrogens with one attached hydrogen (secondary N) is 2. The monoisotopic (exact) mass is 296 g/mol. The predicted molar refractivity (Wildman–Crippen MR) is 83.6 cm³/mol. The lowest BCUT2D eigenvalue weighted by atomic mass is 9.57. The lowest BCUT2D eigenvalue weighted by Crippen LogP contribution is -2.59. The second kappa shape index (κ2) is 4.13. The minimum Gasteiger partial charge on any atom is -0.465 e. The lowest BCUT2D eigenvalue weighted by molar-refractivity contribution is -0.175. The summed E-state index contributed by atoms with van der Waals surface area (Å²) in [6.07, 6.45) is 1.89. The van der Waals surface area contributed by atoms with E-state index in [2.05, 4.69) is 41.5 Å². The Bertz CT molecular complexity index is 780. The average molecular weight is 296 g/mol. The number of piperidine rings is 1. The van der Waals surface area contributed by atoms with Crippen LogP contribution >= 0.6 is 0 Å². The highest BCUT2D eigenvalue weighted by atomic mass is 16.5. The van der Waals surface area contributed by atoms with Crippen molar-refractivity contribution in [3.8, 4) is 0 Å². The van der Waals surface area contributed by atoms with Crippen molar-refractivity contribution in [3.63, 3.8) is 0 Å². The summed E-state index contributed by atoms with van der Waals surface area (Å²) in [6.45, 7) is 3.40. The molecule has 5 rings (SSSR count). The molecule has 3 aliphatic rings. The SMILES string of the molecule is CC[C@@]12CN[C@H]3C[C@@H]1[C@@H](COC2=O)c1c3[nH]c2ccccc12. The Morgan fingerprint density at radius 2 is 2.23 bits per heavy atom. The molecular formula is C18H20N2O2. The van der Waals surface area contributed by atoms with E-state index in [1.54, 1.807) is 0 Å². The first kappa shape index (κ1) is 12.7. The number of rotatable bonds is 1. The molecule has 4 nitrogen and oxygen atoms in total. The number of hydrogen-bond acceptors (Lipinski definition) is 3. The van der Waals surface area contributed by atoms with E-state index in [1.165, 1.54) is 22.2 Å². The van der Waals surface area contributed by atoms with Gasteiger partial charge in [-0.1, -0.05) is 25.1 Å². The van der Waals surface area contributed by atoms with Gasteiger partial charge in [0.05, 0.1) is 12.0 Å². The summed E-state index contributed by atoms with van der Waals surface area (Å²) in [5.74, 6) is 0.740. The van der Waals surface area contributed by atoms with E-state index < -0.39 is 0 Å². The van der Waals surface area contributed by atoms with Crippen molar-refractivity contribution in [1.82, 2.24) is 10.3 Å². The number of aromatic nitrogens is 1. The Hall–Kier alpha value is -1.81. The van der Waals surface area contributed by atoms with E-state index >= 15 is 0 Å². The van der Waals surface area contributed by atoms with Gasteiger partial charge in [-0.15, -0.1) is 0 Å². The number of cyclic esters (lactones) is 1. The van der Waals surface area contributed by atoms with E-state index in [-0.39, 0.29) is 11.4 Å². The van der Waals surface area contributed by atoms with Crippen LogP contribution in [-0.4, -0.2) is 24.1 Å². The number of ether oxygens (including phenoxy) is 1. The quantitative estimate of drug-likeness (QED) is 0.796. The van der Waals surface area contributed by atoms with E-state index in [4.69, 9.17) is 4.74 Å². The summed E-state index contributed by atoms with van der Waals surface area (Å²) >= 11 is 0. The van der Waals surface area contributed by atoms with Gasteiger partial charge in [0.1, 0.15) is 0 Å². The van der Waals surface area contributed by atoms with Gasteiger partial charge in [0, 0.05) is 35.1 Å². The molecule has 0 radical (unpaired) electrons. The molecule has 2 aromatic rings. The third-order valence-corrected chi connectivity index (χ3v) is 6.28. The number of carbonyl (C=O) groups is 1. The number of carbonyl (C=O) groups excluding carboxylic acids is 1. The summed E-state index contributed by atoms with van der Waals surface area (Å²) in [4.78, 5) is 16.1. The Labute approximate surface area is 129 Å². The number of para-hydroxylation sites is 1. The van der Waals surface area contributed by atoms with Crippen LogP contribution in [0.3, 0.4) is 0 Å². The van der Waals surface area contributed by atoms with Gasteiger partial charge in [0.25, 0.3) is 0 Å². The molecule has 0 unspecified atom stereocenters. The summed E-state index contributed by atoms with van der Waals surface area (Å²) in [5.41, 5.74) is 3.55. The smallest absolute Gasteiger partial charge is 0.313 e. The Balaban J connectivity index is 1.76. The van der Waals surface area contributed by atoms with E-state index in [0.29, 0.717) is 24.5 Å². The van der Waals surface area contributed by atoms with Crippen LogP contribution < -0.4 is 5.32 Å². The van der Waals surface area contributed by atoms with Crippen molar-refractivity contribution < 1.29 is 9.53 Å². The van der Waals surface area contributed by atoms with Gasteiger partial charge in [-0.3, -0.25) is 4.79 Å². The number of benzene rings is 1. The zero-order valence-electron chi connectivity index (χ0n) is 12.7. The minimum absolute atomic E-state index is 0.00508. The van der Waals surface area contributed by atoms with Crippen LogP contribution in [0.25, 0.3) is 10.9 Å². The highest BCUT2D eigenvalue weighted by Gasteiger charge is 2.58. The van der Waals surface area contributed by atoms with Gasteiger partial charge in [-0.2, -0.15) is 0 Å². The highest BCUT2D eigenvalue weighted by molar-refractivity contribution is 5.87. The van der Waals surface area contributed by atoms with Crippen LogP contribution in [0.5, 0.6) is 0 Å². The Kier molecular flexibility index (Phi) is 2.39. The van der Waals surface area contributed by atoms with Crippen molar-refractivity contribution in [2.75, 3.05) is 13.2 Å². The fourth-order valence-electron chi connectivity index (χ4n) is 5.09. The number of fused-ring (bicyclic) bond motifs is 6. The van der Waals surface area contributed by atoms with Crippen LogP contribution in [-0.2, 0) is 9.53 Å². The van der Waals surface area contributed by atoms with Crippen molar-refractivity contribution in [2.24, 2.45) is 11.3 Å². The Morgan fingerprint density at radius 3 is 3.09 bits per heavy atom. The maximum Gasteiger partial charge on any atom is 0.313 e. The number of aromatic amines is 1. The first-order valence-electron chi connectivity index (χ1n) is 8.25. The molecule has 2 aliphatic heterocycles. The molecule has 0 amide bonds. The molecule has 2 saturated heterocycles. The van der Waals surface area contributed by atoms with E-state index in [0.717, 1.165) is 19.4 Å². The normalized spacial score (nSPS) is 36.0. The maximum atomic E-state index is 12.5. The molecule has 4 heteroatoms.